The minimum absolute atomic E-state index is 0.136. The molecule has 1 fully saturated rings. The molecule has 0 saturated carbocycles. The molecular formula is C15H20FN3O3. The van der Waals surface area contributed by atoms with Gasteiger partial charge in [-0.15, -0.1) is 0 Å². The van der Waals surface area contributed by atoms with Crippen LogP contribution in [0.5, 0.6) is 0 Å². The molecule has 2 atom stereocenters. The first-order valence-electron chi connectivity index (χ1n) is 7.27. The van der Waals surface area contributed by atoms with E-state index in [0.717, 1.165) is 0 Å². The predicted octanol–water partition coefficient (Wildman–Crippen LogP) is 1.00. The molecule has 6 nitrogen and oxygen atoms in total. The number of aliphatic hydroxyl groups is 1. The minimum Gasteiger partial charge on any atom is -0.394 e. The number of hydrogen-bond donors (Lipinski definition) is 3. The number of halogens is 1. The highest BCUT2D eigenvalue weighted by molar-refractivity contribution is 5.96. The van der Waals surface area contributed by atoms with Crippen molar-refractivity contribution in [1.29, 1.82) is 0 Å². The summed E-state index contributed by atoms with van der Waals surface area (Å²) in [5, 5.41) is 14.4. The third-order valence-corrected chi connectivity index (χ3v) is 3.63. The summed E-state index contributed by atoms with van der Waals surface area (Å²) in [6, 6.07) is 4.73. The fraction of sp³-hybridized carbons (Fsp3) is 0.467. The lowest BCUT2D eigenvalue weighted by molar-refractivity contribution is -0.117. The van der Waals surface area contributed by atoms with Crippen molar-refractivity contribution in [1.82, 2.24) is 10.6 Å². The summed E-state index contributed by atoms with van der Waals surface area (Å²) in [6.07, 6.45) is 0.781. The first kappa shape index (κ1) is 16.2. The van der Waals surface area contributed by atoms with Gasteiger partial charge in [-0.2, -0.15) is 0 Å². The number of nitrogens with zero attached hydrogens (tertiary/aromatic N) is 1. The summed E-state index contributed by atoms with van der Waals surface area (Å²) >= 11 is 0. The molecule has 3 N–H and O–H groups in total. The van der Waals surface area contributed by atoms with Crippen LogP contribution in [-0.2, 0) is 4.79 Å². The van der Waals surface area contributed by atoms with Gasteiger partial charge < -0.3 is 20.6 Å². The molecule has 1 heterocycles. The average molecular weight is 309 g/mol. The first-order chi connectivity index (χ1) is 10.5. The van der Waals surface area contributed by atoms with Crippen LogP contribution in [0.3, 0.4) is 0 Å². The molecule has 120 valence electrons. The second kappa shape index (κ2) is 7.22. The zero-order chi connectivity index (χ0) is 16.1. The van der Waals surface area contributed by atoms with Gasteiger partial charge in [-0.25, -0.2) is 9.18 Å². The number of benzene rings is 1. The van der Waals surface area contributed by atoms with Crippen molar-refractivity contribution < 1.29 is 19.1 Å². The Balaban J connectivity index is 1.93. The van der Waals surface area contributed by atoms with Crippen LogP contribution >= 0.6 is 0 Å². The van der Waals surface area contributed by atoms with Gasteiger partial charge in [-0.1, -0.05) is 13.0 Å². The van der Waals surface area contributed by atoms with E-state index in [0.29, 0.717) is 18.7 Å². The van der Waals surface area contributed by atoms with Crippen molar-refractivity contribution in [2.24, 2.45) is 0 Å². The van der Waals surface area contributed by atoms with E-state index in [2.05, 4.69) is 10.6 Å². The first-order valence-corrected chi connectivity index (χ1v) is 7.27. The third-order valence-electron chi connectivity index (χ3n) is 3.63. The van der Waals surface area contributed by atoms with Gasteiger partial charge in [-0.05, 0) is 24.6 Å². The number of hydrogen-bond acceptors (Lipinski definition) is 3. The summed E-state index contributed by atoms with van der Waals surface area (Å²) in [5.41, 5.74) is 0.483. The topological polar surface area (TPSA) is 81.7 Å². The molecule has 7 heteroatoms. The van der Waals surface area contributed by atoms with Crippen LogP contribution in [0.25, 0.3) is 0 Å². The monoisotopic (exact) mass is 309 g/mol. The smallest absolute Gasteiger partial charge is 0.315 e. The Morgan fingerprint density at radius 1 is 1.55 bits per heavy atom. The largest absolute Gasteiger partial charge is 0.394 e. The molecule has 3 amide bonds. The van der Waals surface area contributed by atoms with E-state index < -0.39 is 11.8 Å². The summed E-state index contributed by atoms with van der Waals surface area (Å²) < 4.78 is 13.2. The normalized spacial score (nSPS) is 19.1. The molecule has 2 rings (SSSR count). The van der Waals surface area contributed by atoms with Crippen LogP contribution in [0.2, 0.25) is 0 Å². The van der Waals surface area contributed by atoms with Gasteiger partial charge in [0.2, 0.25) is 5.91 Å². The average Bonchev–Trinajstić information content (AvgIpc) is 2.85. The van der Waals surface area contributed by atoms with Crippen LogP contribution in [0.15, 0.2) is 24.3 Å². The van der Waals surface area contributed by atoms with Crippen molar-refractivity contribution in [2.45, 2.75) is 31.8 Å². The van der Waals surface area contributed by atoms with Crippen molar-refractivity contribution >= 4 is 17.6 Å². The molecule has 0 aliphatic carbocycles. The maximum absolute atomic E-state index is 13.2. The van der Waals surface area contributed by atoms with Crippen molar-refractivity contribution in [2.75, 3.05) is 18.1 Å². The van der Waals surface area contributed by atoms with E-state index in [4.69, 9.17) is 5.11 Å². The summed E-state index contributed by atoms with van der Waals surface area (Å²) in [4.78, 5) is 25.3. The van der Waals surface area contributed by atoms with Gasteiger partial charge in [0.15, 0.2) is 0 Å². The number of nitrogens with one attached hydrogen (secondary N) is 2. The Kier molecular flexibility index (Phi) is 5.32. The SMILES string of the molecule is CC[C@H](CO)NC(=O)N[C@H]1CC(=O)N(c2cccc(F)c2)C1. The molecule has 1 aliphatic heterocycles. The molecule has 1 saturated heterocycles. The predicted molar refractivity (Wildman–Crippen MR) is 80.0 cm³/mol. The molecule has 0 unspecified atom stereocenters. The molecular weight excluding hydrogens is 289 g/mol. The van der Waals surface area contributed by atoms with Crippen LogP contribution in [0.4, 0.5) is 14.9 Å². The summed E-state index contributed by atoms with van der Waals surface area (Å²) in [7, 11) is 0. The van der Waals surface area contributed by atoms with Crippen LogP contribution in [0.1, 0.15) is 19.8 Å². The van der Waals surface area contributed by atoms with Crippen LogP contribution in [0, 0.1) is 5.82 Å². The molecule has 22 heavy (non-hydrogen) atoms. The zero-order valence-electron chi connectivity index (χ0n) is 12.4. The van der Waals surface area contributed by atoms with Gasteiger partial charge in [0.1, 0.15) is 5.82 Å². The number of carbonyl (C=O) groups excluding carboxylic acids is 2. The van der Waals surface area contributed by atoms with Gasteiger partial charge in [0.05, 0.1) is 18.7 Å². The van der Waals surface area contributed by atoms with Crippen molar-refractivity contribution in [3.8, 4) is 0 Å². The Morgan fingerprint density at radius 2 is 2.32 bits per heavy atom. The number of rotatable bonds is 5. The Bertz CT molecular complexity index is 549. The van der Waals surface area contributed by atoms with Gasteiger partial charge in [-0.3, -0.25) is 4.79 Å². The van der Waals surface area contributed by atoms with E-state index in [-0.39, 0.29) is 31.0 Å². The van der Waals surface area contributed by atoms with E-state index in [1.54, 1.807) is 12.1 Å². The highest BCUT2D eigenvalue weighted by Gasteiger charge is 2.31. The fourth-order valence-electron chi connectivity index (χ4n) is 2.39. The Morgan fingerprint density at radius 3 is 2.95 bits per heavy atom. The maximum Gasteiger partial charge on any atom is 0.315 e. The molecule has 0 aromatic heterocycles. The number of anilines is 1. The number of amides is 3. The number of carbonyl (C=O) groups is 2. The maximum atomic E-state index is 13.2. The standard InChI is InChI=1S/C15H20FN3O3/c1-2-11(9-20)17-15(22)18-12-7-14(21)19(8-12)13-5-3-4-10(16)6-13/h3-6,11-12,20H,2,7-9H2,1H3,(H2,17,18,22)/t11-,12+/m1/s1. The lowest BCUT2D eigenvalue weighted by atomic mass is 10.2. The zero-order valence-corrected chi connectivity index (χ0v) is 12.4. The van der Waals surface area contributed by atoms with E-state index in [1.807, 2.05) is 6.92 Å². The highest BCUT2D eigenvalue weighted by Crippen LogP contribution is 2.22. The molecule has 1 aromatic carbocycles. The molecule has 0 radical (unpaired) electrons. The highest BCUT2D eigenvalue weighted by atomic mass is 19.1. The van der Waals surface area contributed by atoms with Gasteiger partial charge >= 0.3 is 6.03 Å². The minimum atomic E-state index is -0.417. The fourth-order valence-corrected chi connectivity index (χ4v) is 2.39. The van der Waals surface area contributed by atoms with Crippen molar-refractivity contribution in [3.05, 3.63) is 30.1 Å². The second-order valence-electron chi connectivity index (χ2n) is 5.29. The Hall–Kier alpha value is -2.15. The van der Waals surface area contributed by atoms with E-state index in [1.165, 1.54) is 17.0 Å². The molecule has 1 aromatic rings. The van der Waals surface area contributed by atoms with E-state index in [9.17, 15) is 14.0 Å². The molecule has 0 spiro atoms. The summed E-state index contributed by atoms with van der Waals surface area (Å²) in [6.45, 7) is 2.01. The number of aliphatic hydroxyl groups excluding tert-OH is 1. The second-order valence-corrected chi connectivity index (χ2v) is 5.29. The van der Waals surface area contributed by atoms with Gasteiger partial charge in [0.25, 0.3) is 0 Å². The summed E-state index contributed by atoms with van der Waals surface area (Å²) in [5.74, 6) is -0.571. The number of urea groups is 1. The van der Waals surface area contributed by atoms with E-state index >= 15 is 0 Å². The van der Waals surface area contributed by atoms with Crippen LogP contribution < -0.4 is 15.5 Å². The Labute approximate surface area is 128 Å². The molecule has 0 bridgehead atoms. The van der Waals surface area contributed by atoms with Crippen molar-refractivity contribution in [3.63, 3.8) is 0 Å². The quantitative estimate of drug-likeness (QED) is 0.759. The van der Waals surface area contributed by atoms with Gasteiger partial charge in [0, 0.05) is 18.7 Å². The van der Waals surface area contributed by atoms with Crippen LogP contribution in [-0.4, -0.2) is 42.3 Å². The molecule has 1 aliphatic rings. The lowest BCUT2D eigenvalue weighted by Crippen LogP contribution is -2.48. The third kappa shape index (κ3) is 3.94. The lowest BCUT2D eigenvalue weighted by Gasteiger charge is -2.19.